The predicted molar refractivity (Wildman–Crippen MR) is 102 cm³/mol. The molecule has 0 bridgehead atoms. The van der Waals surface area contributed by atoms with Crippen molar-refractivity contribution in [2.45, 2.75) is 57.2 Å². The molecule has 1 aromatic carbocycles. The Balaban J connectivity index is 1.86. The lowest BCUT2D eigenvalue weighted by atomic mass is 10.1. The SMILES string of the molecule is O=C(O)CN(C(=O)CC[C@@H](NC(=O)OCc1ccccc1)C(=O)O)C1CCCC1. The highest BCUT2D eigenvalue weighted by Gasteiger charge is 2.29. The maximum atomic E-state index is 12.5. The first kappa shape index (κ1) is 22.2. The molecule has 0 saturated heterocycles. The number of carbonyl (C=O) groups is 4. The Bertz CT molecular complexity index is 717. The van der Waals surface area contributed by atoms with E-state index in [0.717, 1.165) is 31.2 Å². The van der Waals surface area contributed by atoms with Crippen LogP contribution in [-0.2, 0) is 25.7 Å². The van der Waals surface area contributed by atoms with Gasteiger partial charge in [-0.1, -0.05) is 43.2 Å². The highest BCUT2D eigenvalue weighted by molar-refractivity contribution is 5.83. The van der Waals surface area contributed by atoms with Crippen LogP contribution < -0.4 is 5.32 Å². The molecule has 1 saturated carbocycles. The summed E-state index contributed by atoms with van der Waals surface area (Å²) in [7, 11) is 0. The van der Waals surface area contributed by atoms with Crippen LogP contribution in [-0.4, -0.2) is 57.7 Å². The van der Waals surface area contributed by atoms with E-state index in [2.05, 4.69) is 5.32 Å². The van der Waals surface area contributed by atoms with Crippen molar-refractivity contribution in [1.82, 2.24) is 10.2 Å². The van der Waals surface area contributed by atoms with E-state index in [9.17, 15) is 24.3 Å². The molecule has 1 fully saturated rings. The van der Waals surface area contributed by atoms with E-state index in [1.807, 2.05) is 6.07 Å². The Kier molecular flexibility index (Phi) is 8.45. The standard InChI is InChI=1S/C20H26N2O7/c23-17(22(12-18(24)25)15-8-4-5-9-15)11-10-16(19(26)27)21-20(28)29-13-14-6-2-1-3-7-14/h1-3,6-7,15-16H,4-5,8-13H2,(H,21,28)(H,24,25)(H,26,27)/t16-/m1/s1. The highest BCUT2D eigenvalue weighted by Crippen LogP contribution is 2.24. The molecule has 1 aliphatic carbocycles. The summed E-state index contributed by atoms with van der Waals surface area (Å²) in [6.07, 6.45) is 2.11. The lowest BCUT2D eigenvalue weighted by Crippen LogP contribution is -2.45. The summed E-state index contributed by atoms with van der Waals surface area (Å²) in [6.45, 7) is -0.417. The molecule has 0 heterocycles. The number of carboxylic acid groups (broad SMARTS) is 2. The van der Waals surface area contributed by atoms with Crippen molar-refractivity contribution in [3.05, 3.63) is 35.9 Å². The third-order valence-electron chi connectivity index (χ3n) is 4.84. The zero-order valence-corrected chi connectivity index (χ0v) is 16.1. The number of ether oxygens (including phenoxy) is 1. The molecule has 158 valence electrons. The number of carbonyl (C=O) groups excluding carboxylic acids is 2. The van der Waals surface area contributed by atoms with Crippen LogP contribution in [0.1, 0.15) is 44.1 Å². The summed E-state index contributed by atoms with van der Waals surface area (Å²) in [4.78, 5) is 48.2. The van der Waals surface area contributed by atoms with Gasteiger partial charge in [0.25, 0.3) is 0 Å². The van der Waals surface area contributed by atoms with Crippen LogP contribution in [0, 0.1) is 0 Å². The minimum absolute atomic E-state index is 0.00792. The van der Waals surface area contributed by atoms with Gasteiger partial charge in [-0.25, -0.2) is 9.59 Å². The second kappa shape index (κ2) is 11.0. The van der Waals surface area contributed by atoms with Gasteiger partial charge in [-0.15, -0.1) is 0 Å². The Morgan fingerprint density at radius 3 is 2.34 bits per heavy atom. The molecule has 2 amide bonds. The van der Waals surface area contributed by atoms with Crippen molar-refractivity contribution in [2.24, 2.45) is 0 Å². The minimum atomic E-state index is -1.31. The van der Waals surface area contributed by atoms with Crippen molar-refractivity contribution < 1.29 is 34.1 Å². The molecule has 0 aromatic heterocycles. The van der Waals surface area contributed by atoms with E-state index in [0.29, 0.717) is 0 Å². The second-order valence-corrected chi connectivity index (χ2v) is 6.99. The zero-order chi connectivity index (χ0) is 21.2. The van der Waals surface area contributed by atoms with Gasteiger partial charge in [-0.3, -0.25) is 9.59 Å². The van der Waals surface area contributed by atoms with Crippen LogP contribution in [0.2, 0.25) is 0 Å². The van der Waals surface area contributed by atoms with Gasteiger partial charge in [-0.2, -0.15) is 0 Å². The van der Waals surface area contributed by atoms with E-state index in [-0.39, 0.29) is 25.5 Å². The molecular weight excluding hydrogens is 380 g/mol. The van der Waals surface area contributed by atoms with E-state index < -0.39 is 36.5 Å². The van der Waals surface area contributed by atoms with Crippen LogP contribution >= 0.6 is 0 Å². The maximum Gasteiger partial charge on any atom is 0.408 e. The number of nitrogens with zero attached hydrogens (tertiary/aromatic N) is 1. The van der Waals surface area contributed by atoms with Crippen LogP contribution in [0.15, 0.2) is 30.3 Å². The number of hydrogen-bond acceptors (Lipinski definition) is 5. The van der Waals surface area contributed by atoms with E-state index in [1.165, 1.54) is 4.90 Å². The van der Waals surface area contributed by atoms with E-state index in [1.54, 1.807) is 24.3 Å². The summed E-state index contributed by atoms with van der Waals surface area (Å²) in [6, 6.07) is 7.48. The van der Waals surface area contributed by atoms with Crippen molar-refractivity contribution >= 4 is 23.9 Å². The number of alkyl carbamates (subject to hydrolysis) is 1. The molecule has 1 aliphatic rings. The van der Waals surface area contributed by atoms with Crippen LogP contribution in [0.4, 0.5) is 4.79 Å². The highest BCUT2D eigenvalue weighted by atomic mass is 16.5. The molecule has 0 radical (unpaired) electrons. The summed E-state index contributed by atoms with van der Waals surface area (Å²) >= 11 is 0. The van der Waals surface area contributed by atoms with Crippen LogP contribution in [0.3, 0.4) is 0 Å². The molecule has 29 heavy (non-hydrogen) atoms. The first-order valence-corrected chi connectivity index (χ1v) is 9.58. The van der Waals surface area contributed by atoms with Crippen LogP contribution in [0.5, 0.6) is 0 Å². The molecule has 3 N–H and O–H groups in total. The number of rotatable bonds is 10. The Morgan fingerprint density at radius 1 is 1.10 bits per heavy atom. The molecule has 0 spiro atoms. The fourth-order valence-corrected chi connectivity index (χ4v) is 3.36. The summed E-state index contributed by atoms with van der Waals surface area (Å²) in [5.41, 5.74) is 0.755. The minimum Gasteiger partial charge on any atom is -0.480 e. The Hall–Kier alpha value is -3.10. The Labute approximate surface area is 168 Å². The normalized spacial score (nSPS) is 14.8. The van der Waals surface area contributed by atoms with Gasteiger partial charge in [0.05, 0.1) is 0 Å². The molecule has 1 aromatic rings. The monoisotopic (exact) mass is 406 g/mol. The number of nitrogens with one attached hydrogen (secondary N) is 1. The summed E-state index contributed by atoms with van der Waals surface area (Å²) < 4.78 is 5.01. The lowest BCUT2D eigenvalue weighted by Gasteiger charge is -2.28. The number of benzene rings is 1. The van der Waals surface area contributed by atoms with Gasteiger partial charge in [0.15, 0.2) is 0 Å². The first-order chi connectivity index (χ1) is 13.9. The maximum absolute atomic E-state index is 12.5. The molecule has 1 atom stereocenters. The average Bonchev–Trinajstić information content (AvgIpc) is 3.22. The van der Waals surface area contributed by atoms with Gasteiger partial charge in [0, 0.05) is 12.5 Å². The Morgan fingerprint density at radius 2 is 1.76 bits per heavy atom. The largest absolute Gasteiger partial charge is 0.480 e. The van der Waals surface area contributed by atoms with Crippen LogP contribution in [0.25, 0.3) is 0 Å². The van der Waals surface area contributed by atoms with Gasteiger partial charge >= 0.3 is 18.0 Å². The fourth-order valence-electron chi connectivity index (χ4n) is 3.36. The lowest BCUT2D eigenvalue weighted by molar-refractivity contribution is -0.146. The third kappa shape index (κ3) is 7.44. The first-order valence-electron chi connectivity index (χ1n) is 9.58. The average molecular weight is 406 g/mol. The van der Waals surface area contributed by atoms with Gasteiger partial charge < -0.3 is 25.2 Å². The van der Waals surface area contributed by atoms with Crippen molar-refractivity contribution in [3.63, 3.8) is 0 Å². The number of amides is 2. The van der Waals surface area contributed by atoms with Crippen molar-refractivity contribution in [2.75, 3.05) is 6.54 Å². The fraction of sp³-hybridized carbons (Fsp3) is 0.500. The predicted octanol–water partition coefficient (Wildman–Crippen LogP) is 2.00. The van der Waals surface area contributed by atoms with Gasteiger partial charge in [0.1, 0.15) is 19.2 Å². The van der Waals surface area contributed by atoms with E-state index >= 15 is 0 Å². The number of aliphatic carboxylic acids is 2. The molecule has 9 heteroatoms. The molecule has 0 unspecified atom stereocenters. The van der Waals surface area contributed by atoms with Gasteiger partial charge in [0.2, 0.25) is 5.91 Å². The second-order valence-electron chi connectivity index (χ2n) is 6.99. The molecular formula is C20H26N2O7. The third-order valence-corrected chi connectivity index (χ3v) is 4.84. The smallest absolute Gasteiger partial charge is 0.408 e. The van der Waals surface area contributed by atoms with Crippen molar-refractivity contribution in [3.8, 4) is 0 Å². The van der Waals surface area contributed by atoms with E-state index in [4.69, 9.17) is 9.84 Å². The molecule has 0 aliphatic heterocycles. The molecule has 9 nitrogen and oxygen atoms in total. The quantitative estimate of drug-likeness (QED) is 0.541. The van der Waals surface area contributed by atoms with Gasteiger partial charge in [-0.05, 0) is 24.8 Å². The zero-order valence-electron chi connectivity index (χ0n) is 16.1. The summed E-state index contributed by atoms with van der Waals surface area (Å²) in [5, 5.41) is 20.6. The topological polar surface area (TPSA) is 133 Å². The summed E-state index contributed by atoms with van der Waals surface area (Å²) in [5.74, 6) is -2.83. The number of carboxylic acids is 2. The number of hydrogen-bond donors (Lipinski definition) is 3. The molecule has 2 rings (SSSR count). The van der Waals surface area contributed by atoms with Crippen molar-refractivity contribution in [1.29, 1.82) is 0 Å².